The van der Waals surface area contributed by atoms with E-state index in [0.29, 0.717) is 0 Å². The molecule has 2 heterocycles. The number of alkyl halides is 2. The van der Waals surface area contributed by atoms with Crippen molar-refractivity contribution in [3.8, 4) is 0 Å². The maximum Gasteiger partial charge on any atom is 0.361 e. The van der Waals surface area contributed by atoms with Gasteiger partial charge < -0.3 is 19.7 Å². The van der Waals surface area contributed by atoms with Crippen molar-refractivity contribution >= 4 is 21.9 Å². The summed E-state index contributed by atoms with van der Waals surface area (Å²) in [6.07, 6.45) is -2.58. The molecule has 74 valence electrons. The highest BCUT2D eigenvalue weighted by atomic mass is 79.9. The lowest BCUT2D eigenvalue weighted by atomic mass is 10.1. The number of hydrogen-bond acceptors (Lipinski definition) is 5. The molecule has 0 spiro atoms. The predicted octanol–water partition coefficient (Wildman–Crippen LogP) is -0.948. The van der Waals surface area contributed by atoms with Crippen molar-refractivity contribution in [2.24, 2.45) is 0 Å². The molecule has 13 heavy (non-hydrogen) atoms. The fourth-order valence-electron chi connectivity index (χ4n) is 1.41. The summed E-state index contributed by atoms with van der Waals surface area (Å²) in [6, 6.07) is 0. The summed E-state index contributed by atoms with van der Waals surface area (Å²) in [6.45, 7) is -0.272. The van der Waals surface area contributed by atoms with Gasteiger partial charge in [0.15, 0.2) is 6.10 Å². The number of carbonyl (C=O) groups excluding carboxylic acids is 1. The van der Waals surface area contributed by atoms with Crippen LogP contribution in [0.25, 0.3) is 0 Å². The quantitative estimate of drug-likeness (QED) is 0.432. The minimum Gasteiger partial charge on any atom is -0.450 e. The number of hydrogen-bond donors (Lipinski definition) is 2. The molecule has 4 atom stereocenters. The second kappa shape index (κ2) is 2.41. The topological polar surface area (TPSA) is 76.0 Å². The monoisotopic (exact) mass is 256 g/mol. The standard InChI is InChI=1S/C6H6BrFO5/c7-5(8)4(10)13-3-2(9)1-12-6(3,5)11/h2-3,9,11H,1H2/t2-,3+,5+,6-/m0/s1. The molecule has 0 amide bonds. The van der Waals surface area contributed by atoms with Crippen LogP contribution in [0.4, 0.5) is 4.39 Å². The van der Waals surface area contributed by atoms with E-state index >= 15 is 0 Å². The van der Waals surface area contributed by atoms with Crippen LogP contribution in [0.5, 0.6) is 0 Å². The molecular weight excluding hydrogens is 251 g/mol. The van der Waals surface area contributed by atoms with Crippen molar-refractivity contribution in [1.82, 2.24) is 0 Å². The van der Waals surface area contributed by atoms with Gasteiger partial charge in [0.2, 0.25) is 0 Å². The van der Waals surface area contributed by atoms with Crippen LogP contribution in [0.1, 0.15) is 0 Å². The summed E-state index contributed by atoms with van der Waals surface area (Å²) in [7, 11) is 0. The van der Waals surface area contributed by atoms with Gasteiger partial charge in [-0.25, -0.2) is 9.18 Å². The maximum absolute atomic E-state index is 13.5. The number of aliphatic hydroxyl groups excluding tert-OH is 1. The Balaban J connectivity index is 2.41. The van der Waals surface area contributed by atoms with Gasteiger partial charge in [0.05, 0.1) is 6.61 Å². The minimum absolute atomic E-state index is 0.272. The summed E-state index contributed by atoms with van der Waals surface area (Å²) in [4.78, 5) is 10.9. The summed E-state index contributed by atoms with van der Waals surface area (Å²) in [5.74, 6) is -3.72. The Morgan fingerprint density at radius 1 is 1.69 bits per heavy atom. The van der Waals surface area contributed by atoms with Crippen LogP contribution in [0.15, 0.2) is 0 Å². The highest BCUT2D eigenvalue weighted by molar-refractivity contribution is 9.10. The SMILES string of the molecule is O=C1O[C@@H]2[C@@H](O)CO[C@]2(O)[C@@]1(F)Br. The number of carbonyl (C=O) groups is 1. The smallest absolute Gasteiger partial charge is 0.361 e. The van der Waals surface area contributed by atoms with E-state index in [2.05, 4.69) is 25.4 Å². The van der Waals surface area contributed by atoms with Gasteiger partial charge >= 0.3 is 10.5 Å². The first-order valence-corrected chi connectivity index (χ1v) is 4.32. The predicted molar refractivity (Wildman–Crippen MR) is 39.6 cm³/mol. The molecule has 0 aliphatic carbocycles. The Hall–Kier alpha value is -0.240. The van der Waals surface area contributed by atoms with Gasteiger partial charge in [0.25, 0.3) is 5.79 Å². The lowest BCUT2D eigenvalue weighted by Gasteiger charge is -2.24. The van der Waals surface area contributed by atoms with Gasteiger partial charge in [0, 0.05) is 0 Å². The number of ether oxygens (including phenoxy) is 2. The summed E-state index contributed by atoms with van der Waals surface area (Å²) in [5, 5.41) is 18.7. The molecule has 2 aliphatic rings. The van der Waals surface area contributed by atoms with Gasteiger partial charge in [-0.2, -0.15) is 0 Å². The largest absolute Gasteiger partial charge is 0.450 e. The fourth-order valence-corrected chi connectivity index (χ4v) is 1.84. The number of aliphatic hydroxyl groups is 2. The lowest BCUT2D eigenvalue weighted by molar-refractivity contribution is -0.217. The van der Waals surface area contributed by atoms with Gasteiger partial charge in [-0.3, -0.25) is 0 Å². The third-order valence-corrected chi connectivity index (χ3v) is 3.04. The van der Waals surface area contributed by atoms with E-state index in [1.165, 1.54) is 0 Å². The number of esters is 1. The molecule has 2 saturated heterocycles. The third kappa shape index (κ3) is 0.927. The van der Waals surface area contributed by atoms with Crippen molar-refractivity contribution in [1.29, 1.82) is 0 Å². The third-order valence-electron chi connectivity index (χ3n) is 2.15. The van der Waals surface area contributed by atoms with Crippen molar-refractivity contribution < 1.29 is 28.9 Å². The van der Waals surface area contributed by atoms with Gasteiger partial charge in [-0.1, -0.05) is 0 Å². The van der Waals surface area contributed by atoms with Crippen LogP contribution in [0.2, 0.25) is 0 Å². The number of halogens is 2. The maximum atomic E-state index is 13.5. The molecule has 0 radical (unpaired) electrons. The van der Waals surface area contributed by atoms with E-state index in [4.69, 9.17) is 5.11 Å². The average Bonchev–Trinajstić information content (AvgIpc) is 2.40. The van der Waals surface area contributed by atoms with Crippen LogP contribution < -0.4 is 0 Å². The van der Waals surface area contributed by atoms with Crippen LogP contribution in [0.3, 0.4) is 0 Å². The van der Waals surface area contributed by atoms with Crippen LogP contribution in [0, 0.1) is 0 Å². The Morgan fingerprint density at radius 2 is 2.31 bits per heavy atom. The molecule has 0 bridgehead atoms. The van der Waals surface area contributed by atoms with Crippen molar-refractivity contribution in [2.75, 3.05) is 6.61 Å². The Morgan fingerprint density at radius 3 is 2.85 bits per heavy atom. The van der Waals surface area contributed by atoms with Gasteiger partial charge in [-0.15, -0.1) is 0 Å². The molecule has 2 fully saturated rings. The molecule has 0 aromatic rings. The molecule has 0 unspecified atom stereocenters. The van der Waals surface area contributed by atoms with Crippen LogP contribution in [-0.4, -0.2) is 45.4 Å². The normalized spacial score (nSPS) is 54.9. The molecule has 0 saturated carbocycles. The van der Waals surface area contributed by atoms with E-state index in [9.17, 15) is 14.3 Å². The molecule has 2 N–H and O–H groups in total. The molecule has 5 nitrogen and oxygen atoms in total. The first-order valence-electron chi connectivity index (χ1n) is 3.53. The van der Waals surface area contributed by atoms with E-state index < -0.39 is 28.5 Å². The second-order valence-corrected chi connectivity index (χ2v) is 4.07. The summed E-state index contributed by atoms with van der Waals surface area (Å²) < 4.78 is 19.7. The molecule has 2 aliphatic heterocycles. The average molecular weight is 257 g/mol. The summed E-state index contributed by atoms with van der Waals surface area (Å²) in [5.41, 5.74) is 0. The summed E-state index contributed by atoms with van der Waals surface area (Å²) >= 11 is 2.37. The van der Waals surface area contributed by atoms with E-state index in [-0.39, 0.29) is 6.61 Å². The number of fused-ring (bicyclic) bond motifs is 1. The zero-order chi connectivity index (χ0) is 9.85. The Labute approximate surface area is 80.6 Å². The Bertz CT molecular complexity index is 270. The van der Waals surface area contributed by atoms with Crippen LogP contribution >= 0.6 is 15.9 Å². The molecule has 0 aromatic carbocycles. The zero-order valence-corrected chi connectivity index (χ0v) is 7.82. The molecular formula is C6H6BrFO5. The zero-order valence-electron chi connectivity index (χ0n) is 6.24. The van der Waals surface area contributed by atoms with Crippen molar-refractivity contribution in [2.45, 2.75) is 22.6 Å². The molecule has 7 heteroatoms. The van der Waals surface area contributed by atoms with Gasteiger partial charge in [0.1, 0.15) is 6.10 Å². The molecule has 2 rings (SSSR count). The van der Waals surface area contributed by atoms with Crippen LogP contribution in [-0.2, 0) is 14.3 Å². The van der Waals surface area contributed by atoms with E-state index in [1.54, 1.807) is 0 Å². The first kappa shape index (κ1) is 9.32. The highest BCUT2D eigenvalue weighted by Crippen LogP contribution is 2.48. The fraction of sp³-hybridized carbons (Fsp3) is 0.833. The van der Waals surface area contributed by atoms with Crippen molar-refractivity contribution in [3.05, 3.63) is 0 Å². The first-order chi connectivity index (χ1) is 5.89. The van der Waals surface area contributed by atoms with E-state index in [1.807, 2.05) is 0 Å². The lowest BCUT2D eigenvalue weighted by Crippen LogP contribution is -2.51. The second-order valence-electron chi connectivity index (χ2n) is 2.98. The van der Waals surface area contributed by atoms with Gasteiger partial charge in [-0.05, 0) is 15.9 Å². The van der Waals surface area contributed by atoms with E-state index in [0.717, 1.165) is 0 Å². The highest BCUT2D eigenvalue weighted by Gasteiger charge is 2.74. The minimum atomic E-state index is -2.80. The number of rotatable bonds is 0. The Kier molecular flexibility index (Phi) is 1.73. The molecule has 0 aromatic heterocycles. The van der Waals surface area contributed by atoms with Crippen molar-refractivity contribution in [3.63, 3.8) is 0 Å².